The number of carbonyl (C=O) groups is 1. The minimum Gasteiger partial charge on any atom is -0.565 e. The van der Waals surface area contributed by atoms with Gasteiger partial charge in [0.15, 0.2) is 0 Å². The van der Waals surface area contributed by atoms with Crippen LogP contribution in [0.2, 0.25) is 0 Å². The van der Waals surface area contributed by atoms with Gasteiger partial charge < -0.3 is 26.0 Å². The van der Waals surface area contributed by atoms with Gasteiger partial charge in [0.05, 0.1) is 0 Å². The molecule has 0 aliphatic carbocycles. The van der Waals surface area contributed by atoms with Crippen molar-refractivity contribution in [3.63, 3.8) is 0 Å². The van der Waals surface area contributed by atoms with Crippen LogP contribution in [0.25, 0.3) is 0 Å². The molecule has 0 heterocycles. The van der Waals surface area contributed by atoms with E-state index < -0.39 is 6.16 Å². The summed E-state index contributed by atoms with van der Waals surface area (Å²) in [6.07, 6.45) is -2.08. The normalized spacial score (nSPS) is 3.43. The molecule has 0 bridgehead atoms. The van der Waals surface area contributed by atoms with Crippen LogP contribution in [0, 0.1) is 0 Å². The van der Waals surface area contributed by atoms with E-state index in [1.165, 1.54) is 0 Å². The van der Waals surface area contributed by atoms with E-state index in [1.54, 1.807) is 0 Å². The molecule has 0 spiro atoms. The molecule has 0 unspecified atom stereocenters. The molecular weight excluding hydrogens is 131 g/mol. The average Bonchev–Trinajstić information content (AvgIpc) is 0.811. The summed E-state index contributed by atoms with van der Waals surface area (Å²) >= 11 is 0. The monoisotopic (exact) mass is 136 g/mol. The molecule has 0 aliphatic heterocycles. The van der Waals surface area contributed by atoms with Gasteiger partial charge in [-0.15, -0.1) is 0 Å². The van der Waals surface area contributed by atoms with E-state index in [0.29, 0.717) is 0 Å². The van der Waals surface area contributed by atoms with Crippen LogP contribution in [0.15, 0.2) is 0 Å². The van der Waals surface area contributed by atoms with Crippen LogP contribution in [0.5, 0.6) is 0 Å². The SMILES string of the molecule is O.O.O=C([O-])O.[K+]. The van der Waals surface area contributed by atoms with E-state index in [2.05, 4.69) is 0 Å². The van der Waals surface area contributed by atoms with Gasteiger partial charge in [-0.1, -0.05) is 0 Å². The number of hydrogen-bond donors (Lipinski definition) is 1. The van der Waals surface area contributed by atoms with Crippen molar-refractivity contribution in [3.05, 3.63) is 0 Å². The van der Waals surface area contributed by atoms with Crippen molar-refractivity contribution in [2.75, 3.05) is 0 Å². The van der Waals surface area contributed by atoms with E-state index in [-0.39, 0.29) is 62.3 Å². The third kappa shape index (κ3) is 233. The van der Waals surface area contributed by atoms with Gasteiger partial charge in [0.25, 0.3) is 0 Å². The largest absolute Gasteiger partial charge is 1.00 e. The van der Waals surface area contributed by atoms with Gasteiger partial charge in [0.2, 0.25) is 6.16 Å². The van der Waals surface area contributed by atoms with Gasteiger partial charge >= 0.3 is 51.4 Å². The number of hydrogen-bond acceptors (Lipinski definition) is 2. The van der Waals surface area contributed by atoms with Crippen LogP contribution >= 0.6 is 0 Å². The van der Waals surface area contributed by atoms with E-state index in [9.17, 15) is 0 Å². The summed E-state index contributed by atoms with van der Waals surface area (Å²) in [5, 5.41) is 15.3. The fourth-order valence-corrected chi connectivity index (χ4v) is 0. The Morgan fingerprint density at radius 3 is 1.43 bits per heavy atom. The van der Waals surface area contributed by atoms with Crippen molar-refractivity contribution >= 4 is 6.16 Å². The van der Waals surface area contributed by atoms with Crippen molar-refractivity contribution in [1.29, 1.82) is 0 Å². The smallest absolute Gasteiger partial charge is 0.565 e. The van der Waals surface area contributed by atoms with Crippen molar-refractivity contribution in [2.45, 2.75) is 0 Å². The molecule has 0 radical (unpaired) electrons. The molecule has 0 saturated carbocycles. The summed E-state index contributed by atoms with van der Waals surface area (Å²) in [6.45, 7) is 0. The van der Waals surface area contributed by atoms with Crippen LogP contribution in [0.3, 0.4) is 0 Å². The first-order valence-corrected chi connectivity index (χ1v) is 0.632. The van der Waals surface area contributed by atoms with Crippen molar-refractivity contribution in [2.24, 2.45) is 0 Å². The molecule has 0 fully saturated rings. The standard InChI is InChI=1S/CH2O3.K.2H2O/c2-1(3)4;;;/h(H2,2,3,4);;2*1H2/q;+1;;/p-1. The molecule has 0 atom stereocenters. The maximum atomic E-state index is 8.44. The van der Waals surface area contributed by atoms with Crippen molar-refractivity contribution in [1.82, 2.24) is 0 Å². The molecule has 0 aromatic rings. The van der Waals surface area contributed by atoms with E-state index in [1.807, 2.05) is 0 Å². The van der Waals surface area contributed by atoms with Crippen LogP contribution in [-0.4, -0.2) is 22.2 Å². The minimum atomic E-state index is -2.08. The number of carboxylic acid groups (broad SMARTS) is 2. The molecule has 6 heteroatoms. The average molecular weight is 136 g/mol. The molecule has 0 aliphatic rings. The van der Waals surface area contributed by atoms with Crippen LogP contribution in [0.1, 0.15) is 0 Å². The van der Waals surface area contributed by atoms with Crippen molar-refractivity contribution in [3.8, 4) is 0 Å². The van der Waals surface area contributed by atoms with Gasteiger partial charge in [-0.05, 0) is 0 Å². The third-order valence-electron chi connectivity index (χ3n) is 0. The molecule has 7 heavy (non-hydrogen) atoms. The Morgan fingerprint density at radius 1 is 1.43 bits per heavy atom. The summed E-state index contributed by atoms with van der Waals surface area (Å²) in [5.74, 6) is 0. The van der Waals surface area contributed by atoms with Gasteiger partial charge in [0.1, 0.15) is 0 Å². The van der Waals surface area contributed by atoms with Crippen LogP contribution in [-0.2, 0) is 0 Å². The Morgan fingerprint density at radius 2 is 1.43 bits per heavy atom. The molecule has 0 aromatic heterocycles. The Hall–Kier alpha value is 0.826. The number of rotatable bonds is 0. The zero-order valence-electron chi connectivity index (χ0n) is 3.76. The molecule has 40 valence electrons. The Labute approximate surface area is 82.4 Å². The summed E-state index contributed by atoms with van der Waals surface area (Å²) in [6, 6.07) is 0. The summed E-state index contributed by atoms with van der Waals surface area (Å²) in [7, 11) is 0. The molecule has 0 rings (SSSR count). The molecule has 0 saturated heterocycles. The second-order valence-corrected chi connectivity index (χ2v) is 0.266. The first-order valence-electron chi connectivity index (χ1n) is 0.632. The zero-order valence-corrected chi connectivity index (χ0v) is 6.89. The fourth-order valence-electron chi connectivity index (χ4n) is 0. The first-order chi connectivity index (χ1) is 1.73. The van der Waals surface area contributed by atoms with Gasteiger partial charge in [-0.3, -0.25) is 0 Å². The topological polar surface area (TPSA) is 123 Å². The molecule has 5 N–H and O–H groups in total. The molecule has 0 aromatic carbocycles. The van der Waals surface area contributed by atoms with E-state index in [4.69, 9.17) is 15.0 Å². The molecule has 5 nitrogen and oxygen atoms in total. The summed E-state index contributed by atoms with van der Waals surface area (Å²) < 4.78 is 0. The molecule has 0 amide bonds. The van der Waals surface area contributed by atoms with Gasteiger partial charge in [0, 0.05) is 0 Å². The third-order valence-corrected chi connectivity index (χ3v) is 0. The maximum absolute atomic E-state index is 8.44. The molecular formula is CH5KO5. The first kappa shape index (κ1) is 24.9. The van der Waals surface area contributed by atoms with Crippen LogP contribution in [0.4, 0.5) is 4.79 Å². The Kier molecular flexibility index (Phi) is 56.3. The summed E-state index contributed by atoms with van der Waals surface area (Å²) in [5.41, 5.74) is 0. The van der Waals surface area contributed by atoms with Gasteiger partial charge in [-0.25, -0.2) is 0 Å². The second-order valence-electron chi connectivity index (χ2n) is 0.266. The minimum absolute atomic E-state index is 0. The Bertz CT molecular complexity index is 31.1. The quantitative estimate of drug-likeness (QED) is 0.333. The predicted octanol–water partition coefficient (Wildman–Crippen LogP) is -5.76. The van der Waals surface area contributed by atoms with E-state index in [0.717, 1.165) is 0 Å². The van der Waals surface area contributed by atoms with Gasteiger partial charge in [-0.2, -0.15) is 0 Å². The van der Waals surface area contributed by atoms with Crippen LogP contribution < -0.4 is 56.5 Å². The fraction of sp³-hybridized carbons (Fsp3) is 0. The Balaban J connectivity index is -0.0000000150. The maximum Gasteiger partial charge on any atom is 1.00 e. The predicted molar refractivity (Wildman–Crippen MR) is 15.3 cm³/mol. The summed E-state index contributed by atoms with van der Waals surface area (Å²) in [4.78, 5) is 8.44. The van der Waals surface area contributed by atoms with E-state index >= 15 is 0 Å². The second kappa shape index (κ2) is 15.8. The zero-order chi connectivity index (χ0) is 3.58. The van der Waals surface area contributed by atoms with Crippen molar-refractivity contribution < 1.29 is 77.3 Å².